The molecule has 0 bridgehead atoms. The molecule has 1 aromatic rings. The summed E-state index contributed by atoms with van der Waals surface area (Å²) in [6, 6.07) is 6.35. The minimum atomic E-state index is 0.991. The predicted molar refractivity (Wildman–Crippen MR) is 61.7 cm³/mol. The van der Waals surface area contributed by atoms with E-state index < -0.39 is 0 Å². The summed E-state index contributed by atoms with van der Waals surface area (Å²) in [5, 5.41) is 0. The Morgan fingerprint density at radius 3 is 2.64 bits per heavy atom. The van der Waals surface area contributed by atoms with E-state index >= 15 is 0 Å². The number of rotatable bonds is 4. The van der Waals surface area contributed by atoms with Gasteiger partial charge in [-0.2, -0.15) is 0 Å². The molecule has 1 nitrogen and oxygen atoms in total. The van der Waals surface area contributed by atoms with Gasteiger partial charge in [-0.25, -0.2) is 0 Å². The fourth-order valence-corrected chi connectivity index (χ4v) is 1.41. The van der Waals surface area contributed by atoms with Gasteiger partial charge >= 0.3 is 0 Å². The van der Waals surface area contributed by atoms with E-state index in [0.717, 1.165) is 18.6 Å². The van der Waals surface area contributed by atoms with Gasteiger partial charge in [0.1, 0.15) is 5.75 Å². The molecule has 1 heteroatoms. The molecule has 14 heavy (non-hydrogen) atoms. The van der Waals surface area contributed by atoms with Crippen LogP contribution in [0.4, 0.5) is 0 Å². The van der Waals surface area contributed by atoms with E-state index in [-0.39, 0.29) is 0 Å². The van der Waals surface area contributed by atoms with Gasteiger partial charge in [-0.15, -0.1) is 0 Å². The number of hydrogen-bond acceptors (Lipinski definition) is 1. The van der Waals surface area contributed by atoms with Crippen LogP contribution in [0.3, 0.4) is 0 Å². The van der Waals surface area contributed by atoms with Crippen LogP contribution in [0.25, 0.3) is 6.08 Å². The first-order valence-corrected chi connectivity index (χ1v) is 5.15. The maximum Gasteiger partial charge on any atom is 0.122 e. The summed E-state index contributed by atoms with van der Waals surface area (Å²) >= 11 is 0. The second kappa shape index (κ2) is 5.48. The van der Waals surface area contributed by atoms with Crippen molar-refractivity contribution in [2.45, 2.75) is 26.7 Å². The summed E-state index contributed by atoms with van der Waals surface area (Å²) in [5.41, 5.74) is 2.47. The summed E-state index contributed by atoms with van der Waals surface area (Å²) in [6.07, 6.45) is 6.36. The van der Waals surface area contributed by atoms with Gasteiger partial charge in [-0.1, -0.05) is 38.1 Å². The first-order chi connectivity index (χ1) is 6.81. The number of benzene rings is 1. The van der Waals surface area contributed by atoms with E-state index in [1.807, 2.05) is 0 Å². The first-order valence-electron chi connectivity index (χ1n) is 5.15. The SMILES string of the molecule is CC/C=C/c1ccc(CC)c(OC)c1. The van der Waals surface area contributed by atoms with Crippen molar-refractivity contribution >= 4 is 6.08 Å². The first kappa shape index (κ1) is 10.8. The van der Waals surface area contributed by atoms with Crippen molar-refractivity contribution in [2.75, 3.05) is 7.11 Å². The average molecular weight is 190 g/mol. The summed E-state index contributed by atoms with van der Waals surface area (Å²) in [6.45, 7) is 4.27. The summed E-state index contributed by atoms with van der Waals surface area (Å²) < 4.78 is 5.32. The lowest BCUT2D eigenvalue weighted by molar-refractivity contribution is 0.410. The highest BCUT2D eigenvalue weighted by atomic mass is 16.5. The second-order valence-electron chi connectivity index (χ2n) is 3.24. The molecule has 0 saturated carbocycles. The zero-order chi connectivity index (χ0) is 10.4. The number of hydrogen-bond donors (Lipinski definition) is 0. The zero-order valence-corrected chi connectivity index (χ0v) is 9.21. The van der Waals surface area contributed by atoms with Crippen molar-refractivity contribution in [2.24, 2.45) is 0 Å². The Balaban J connectivity index is 2.95. The van der Waals surface area contributed by atoms with Crippen molar-refractivity contribution < 1.29 is 4.74 Å². The highest BCUT2D eigenvalue weighted by Crippen LogP contribution is 2.21. The van der Waals surface area contributed by atoms with Crippen LogP contribution in [0, 0.1) is 0 Å². The third-order valence-corrected chi connectivity index (χ3v) is 2.24. The smallest absolute Gasteiger partial charge is 0.122 e. The van der Waals surface area contributed by atoms with Crippen molar-refractivity contribution in [3.05, 3.63) is 35.4 Å². The molecule has 0 aromatic heterocycles. The van der Waals surface area contributed by atoms with Crippen molar-refractivity contribution in [3.63, 3.8) is 0 Å². The maximum atomic E-state index is 5.32. The molecule has 0 spiro atoms. The number of allylic oxidation sites excluding steroid dienone is 1. The molecule has 0 N–H and O–H groups in total. The highest BCUT2D eigenvalue weighted by molar-refractivity contribution is 5.53. The molecule has 1 rings (SSSR count). The molecule has 0 aliphatic heterocycles. The molecule has 0 saturated heterocycles. The van der Waals surface area contributed by atoms with Crippen molar-refractivity contribution in [1.82, 2.24) is 0 Å². The average Bonchev–Trinajstić information content (AvgIpc) is 2.25. The van der Waals surface area contributed by atoms with E-state index in [4.69, 9.17) is 4.74 Å². The second-order valence-corrected chi connectivity index (χ2v) is 3.24. The van der Waals surface area contributed by atoms with Crippen LogP contribution in [-0.4, -0.2) is 7.11 Å². The van der Waals surface area contributed by atoms with E-state index in [2.05, 4.69) is 44.2 Å². The van der Waals surface area contributed by atoms with Crippen molar-refractivity contribution in [3.8, 4) is 5.75 Å². The monoisotopic (exact) mass is 190 g/mol. The number of methoxy groups -OCH3 is 1. The van der Waals surface area contributed by atoms with Crippen LogP contribution in [0.1, 0.15) is 31.4 Å². The Hall–Kier alpha value is -1.24. The molecule has 0 heterocycles. The number of aryl methyl sites for hydroxylation is 1. The molecule has 0 radical (unpaired) electrons. The minimum Gasteiger partial charge on any atom is -0.496 e. The molecular formula is C13H18O. The molecular weight excluding hydrogens is 172 g/mol. The lowest BCUT2D eigenvalue weighted by Gasteiger charge is -2.07. The van der Waals surface area contributed by atoms with Crippen LogP contribution in [0.2, 0.25) is 0 Å². The zero-order valence-electron chi connectivity index (χ0n) is 9.21. The Bertz CT molecular complexity index is 313. The molecule has 1 aromatic carbocycles. The lowest BCUT2D eigenvalue weighted by Crippen LogP contribution is -1.90. The van der Waals surface area contributed by atoms with Gasteiger partial charge in [0.05, 0.1) is 7.11 Å². The van der Waals surface area contributed by atoms with Crippen LogP contribution in [0.15, 0.2) is 24.3 Å². The Kier molecular flexibility index (Phi) is 4.24. The third kappa shape index (κ3) is 2.63. The predicted octanol–water partition coefficient (Wildman–Crippen LogP) is 3.68. The van der Waals surface area contributed by atoms with Gasteiger partial charge in [0.25, 0.3) is 0 Å². The van der Waals surface area contributed by atoms with Crippen LogP contribution < -0.4 is 4.74 Å². The highest BCUT2D eigenvalue weighted by Gasteiger charge is 2.00. The van der Waals surface area contributed by atoms with E-state index in [0.29, 0.717) is 0 Å². The molecule has 0 aliphatic rings. The fraction of sp³-hybridized carbons (Fsp3) is 0.385. The summed E-state index contributed by atoms with van der Waals surface area (Å²) in [4.78, 5) is 0. The van der Waals surface area contributed by atoms with Gasteiger partial charge < -0.3 is 4.74 Å². The molecule has 76 valence electrons. The van der Waals surface area contributed by atoms with E-state index in [9.17, 15) is 0 Å². The fourth-order valence-electron chi connectivity index (χ4n) is 1.41. The maximum absolute atomic E-state index is 5.32. The summed E-state index contributed by atoms with van der Waals surface area (Å²) in [5.74, 6) is 0.991. The molecule has 0 aliphatic carbocycles. The number of ether oxygens (including phenoxy) is 1. The quantitative estimate of drug-likeness (QED) is 0.703. The van der Waals surface area contributed by atoms with Gasteiger partial charge in [0, 0.05) is 0 Å². The third-order valence-electron chi connectivity index (χ3n) is 2.24. The minimum absolute atomic E-state index is 0.991. The van der Waals surface area contributed by atoms with E-state index in [1.165, 1.54) is 11.1 Å². The molecule has 0 atom stereocenters. The van der Waals surface area contributed by atoms with E-state index in [1.54, 1.807) is 7.11 Å². The van der Waals surface area contributed by atoms with Crippen molar-refractivity contribution in [1.29, 1.82) is 0 Å². The molecule has 0 amide bonds. The normalized spacial score (nSPS) is 10.8. The molecule has 0 unspecified atom stereocenters. The molecule has 0 fully saturated rings. The summed E-state index contributed by atoms with van der Waals surface area (Å²) in [7, 11) is 1.72. The van der Waals surface area contributed by atoms with Crippen LogP contribution in [-0.2, 0) is 6.42 Å². The van der Waals surface area contributed by atoms with Gasteiger partial charge in [0.15, 0.2) is 0 Å². The topological polar surface area (TPSA) is 9.23 Å². The standard InChI is InChI=1S/C13H18O/c1-4-6-7-11-8-9-12(5-2)13(10-11)14-3/h6-10H,4-5H2,1-3H3/b7-6+. The van der Waals surface area contributed by atoms with Gasteiger partial charge in [0.2, 0.25) is 0 Å². The Morgan fingerprint density at radius 1 is 1.29 bits per heavy atom. The lowest BCUT2D eigenvalue weighted by atomic mass is 10.1. The largest absolute Gasteiger partial charge is 0.496 e. The van der Waals surface area contributed by atoms with Gasteiger partial charge in [-0.3, -0.25) is 0 Å². The van der Waals surface area contributed by atoms with Crippen LogP contribution in [0.5, 0.6) is 5.75 Å². The van der Waals surface area contributed by atoms with Crippen LogP contribution >= 0.6 is 0 Å². The Labute approximate surface area is 86.4 Å². The van der Waals surface area contributed by atoms with Gasteiger partial charge in [-0.05, 0) is 30.0 Å². The Morgan fingerprint density at radius 2 is 2.07 bits per heavy atom.